The highest BCUT2D eigenvalue weighted by atomic mass is 16.6. The van der Waals surface area contributed by atoms with Crippen molar-refractivity contribution < 1.29 is 9.53 Å². The standard InChI is InChI=1S/C17H23N7O2/c1-17(2,3)26-16(25)23-8-12-6-22(7-13(12)9-23)14-4-5-15(21-20-14)24-11-18-10-19-24/h4-5,10-13H,6-9H2,1-3H3/t12-,13-/m1/s1. The fourth-order valence-corrected chi connectivity index (χ4v) is 3.59. The second kappa shape index (κ2) is 6.22. The van der Waals surface area contributed by atoms with Gasteiger partial charge in [-0.15, -0.1) is 10.2 Å². The van der Waals surface area contributed by atoms with Gasteiger partial charge in [0, 0.05) is 38.0 Å². The van der Waals surface area contributed by atoms with Gasteiger partial charge in [0.05, 0.1) is 0 Å². The molecule has 0 spiro atoms. The predicted octanol–water partition coefficient (Wildman–Crippen LogP) is 1.36. The molecule has 138 valence electrons. The molecule has 0 N–H and O–H groups in total. The summed E-state index contributed by atoms with van der Waals surface area (Å²) in [6, 6.07) is 3.84. The van der Waals surface area contributed by atoms with E-state index in [2.05, 4.69) is 25.2 Å². The van der Waals surface area contributed by atoms with Crippen LogP contribution in [0.2, 0.25) is 0 Å². The van der Waals surface area contributed by atoms with Gasteiger partial charge in [-0.1, -0.05) is 0 Å². The van der Waals surface area contributed by atoms with Crippen molar-refractivity contribution in [1.82, 2.24) is 29.9 Å². The molecule has 26 heavy (non-hydrogen) atoms. The Morgan fingerprint density at radius 1 is 1.08 bits per heavy atom. The summed E-state index contributed by atoms with van der Waals surface area (Å²) in [5.74, 6) is 2.38. The van der Waals surface area contributed by atoms with Gasteiger partial charge < -0.3 is 14.5 Å². The quantitative estimate of drug-likeness (QED) is 0.801. The van der Waals surface area contributed by atoms with Crippen LogP contribution in [0.1, 0.15) is 20.8 Å². The van der Waals surface area contributed by atoms with E-state index < -0.39 is 5.60 Å². The molecule has 2 aromatic rings. The van der Waals surface area contributed by atoms with Crippen molar-refractivity contribution in [3.63, 3.8) is 0 Å². The fourth-order valence-electron chi connectivity index (χ4n) is 3.59. The van der Waals surface area contributed by atoms with Gasteiger partial charge >= 0.3 is 6.09 Å². The second-order valence-corrected chi connectivity index (χ2v) is 7.90. The number of carbonyl (C=O) groups is 1. The summed E-state index contributed by atoms with van der Waals surface area (Å²) in [4.78, 5) is 20.2. The lowest BCUT2D eigenvalue weighted by atomic mass is 10.0. The van der Waals surface area contributed by atoms with Crippen molar-refractivity contribution in [1.29, 1.82) is 0 Å². The highest BCUT2D eigenvalue weighted by Crippen LogP contribution is 2.33. The molecule has 2 aliphatic rings. The molecular formula is C17H23N7O2. The molecule has 0 radical (unpaired) electrons. The number of nitrogens with zero attached hydrogens (tertiary/aromatic N) is 7. The topological polar surface area (TPSA) is 89.3 Å². The molecule has 1 amide bonds. The van der Waals surface area contributed by atoms with Crippen molar-refractivity contribution >= 4 is 11.9 Å². The Balaban J connectivity index is 1.37. The highest BCUT2D eigenvalue weighted by molar-refractivity contribution is 5.68. The monoisotopic (exact) mass is 357 g/mol. The van der Waals surface area contributed by atoms with Crippen LogP contribution in [0.15, 0.2) is 24.8 Å². The molecular weight excluding hydrogens is 334 g/mol. The first-order chi connectivity index (χ1) is 12.4. The Kier molecular flexibility index (Phi) is 4.01. The van der Waals surface area contributed by atoms with Crippen molar-refractivity contribution in [2.75, 3.05) is 31.1 Å². The maximum atomic E-state index is 12.2. The van der Waals surface area contributed by atoms with Gasteiger partial charge in [0.25, 0.3) is 0 Å². The summed E-state index contributed by atoms with van der Waals surface area (Å²) < 4.78 is 7.06. The maximum Gasteiger partial charge on any atom is 0.410 e. The minimum Gasteiger partial charge on any atom is -0.444 e. The molecule has 0 aliphatic carbocycles. The van der Waals surface area contributed by atoms with E-state index in [0.717, 1.165) is 32.0 Å². The number of anilines is 1. The zero-order chi connectivity index (χ0) is 18.3. The number of likely N-dealkylation sites (tertiary alicyclic amines) is 1. The van der Waals surface area contributed by atoms with Crippen LogP contribution in [0.3, 0.4) is 0 Å². The normalized spacial score (nSPS) is 22.6. The van der Waals surface area contributed by atoms with Crippen LogP contribution >= 0.6 is 0 Å². The average Bonchev–Trinajstić information content (AvgIpc) is 3.29. The van der Waals surface area contributed by atoms with Crippen LogP contribution in [-0.4, -0.2) is 67.7 Å². The first-order valence-electron chi connectivity index (χ1n) is 8.81. The summed E-state index contributed by atoms with van der Waals surface area (Å²) in [6.07, 6.45) is 2.85. The van der Waals surface area contributed by atoms with E-state index in [1.807, 2.05) is 37.8 Å². The Morgan fingerprint density at radius 3 is 2.27 bits per heavy atom. The van der Waals surface area contributed by atoms with E-state index in [0.29, 0.717) is 17.7 Å². The van der Waals surface area contributed by atoms with Crippen LogP contribution in [0.25, 0.3) is 5.82 Å². The molecule has 0 saturated carbocycles. The number of ether oxygens (including phenoxy) is 1. The number of hydrogen-bond donors (Lipinski definition) is 0. The SMILES string of the molecule is CC(C)(C)OC(=O)N1C[C@H]2CN(c3ccc(-n4cncn4)nn3)C[C@@H]2C1. The van der Waals surface area contributed by atoms with Crippen molar-refractivity contribution in [2.24, 2.45) is 11.8 Å². The third-order valence-corrected chi connectivity index (χ3v) is 4.75. The van der Waals surface area contributed by atoms with Crippen molar-refractivity contribution in [2.45, 2.75) is 26.4 Å². The first-order valence-corrected chi connectivity index (χ1v) is 8.81. The van der Waals surface area contributed by atoms with E-state index in [4.69, 9.17) is 4.74 Å². The molecule has 4 heterocycles. The number of rotatable bonds is 2. The summed E-state index contributed by atoms with van der Waals surface area (Å²) in [5, 5.41) is 12.6. The van der Waals surface area contributed by atoms with Crippen LogP contribution in [0, 0.1) is 11.8 Å². The lowest BCUT2D eigenvalue weighted by molar-refractivity contribution is 0.0282. The summed E-state index contributed by atoms with van der Waals surface area (Å²) in [5.41, 5.74) is -0.456. The molecule has 2 saturated heterocycles. The molecule has 9 nitrogen and oxygen atoms in total. The molecule has 2 fully saturated rings. The summed E-state index contributed by atoms with van der Waals surface area (Å²) >= 11 is 0. The van der Waals surface area contributed by atoms with Gasteiger partial charge in [0.2, 0.25) is 0 Å². The molecule has 9 heteroatoms. The zero-order valence-electron chi connectivity index (χ0n) is 15.2. The maximum absolute atomic E-state index is 12.2. The van der Waals surface area contributed by atoms with Crippen LogP contribution < -0.4 is 4.90 Å². The molecule has 0 aromatic carbocycles. The zero-order valence-corrected chi connectivity index (χ0v) is 15.2. The van der Waals surface area contributed by atoms with Gasteiger partial charge in [-0.3, -0.25) is 0 Å². The van der Waals surface area contributed by atoms with E-state index in [1.54, 1.807) is 11.0 Å². The van der Waals surface area contributed by atoms with Crippen LogP contribution in [-0.2, 0) is 4.74 Å². The predicted molar refractivity (Wildman–Crippen MR) is 93.9 cm³/mol. The van der Waals surface area contributed by atoms with Gasteiger partial charge in [-0.2, -0.15) is 5.10 Å². The Bertz CT molecular complexity index is 755. The van der Waals surface area contributed by atoms with E-state index in [-0.39, 0.29) is 6.09 Å². The number of hydrogen-bond acceptors (Lipinski definition) is 7. The average molecular weight is 357 g/mol. The van der Waals surface area contributed by atoms with Gasteiger partial charge in [0.1, 0.15) is 18.3 Å². The van der Waals surface area contributed by atoms with Gasteiger partial charge in [-0.05, 0) is 32.9 Å². The van der Waals surface area contributed by atoms with Gasteiger partial charge in [0.15, 0.2) is 11.6 Å². The number of aromatic nitrogens is 5. The van der Waals surface area contributed by atoms with E-state index in [1.165, 1.54) is 6.33 Å². The van der Waals surface area contributed by atoms with Crippen LogP contribution in [0.4, 0.5) is 10.6 Å². The van der Waals surface area contributed by atoms with Crippen LogP contribution in [0.5, 0.6) is 0 Å². The highest BCUT2D eigenvalue weighted by Gasteiger charge is 2.43. The third-order valence-electron chi connectivity index (χ3n) is 4.75. The number of amides is 1. The van der Waals surface area contributed by atoms with E-state index in [9.17, 15) is 4.79 Å². The molecule has 2 aliphatic heterocycles. The molecule has 2 atom stereocenters. The van der Waals surface area contributed by atoms with E-state index >= 15 is 0 Å². The largest absolute Gasteiger partial charge is 0.444 e. The minimum atomic E-state index is -0.456. The Hall–Kier alpha value is -2.71. The Labute approximate surface area is 152 Å². The Morgan fingerprint density at radius 2 is 1.73 bits per heavy atom. The number of fused-ring (bicyclic) bond motifs is 1. The second-order valence-electron chi connectivity index (χ2n) is 7.90. The number of carbonyl (C=O) groups excluding carboxylic acids is 1. The fraction of sp³-hybridized carbons (Fsp3) is 0.588. The van der Waals surface area contributed by atoms with Gasteiger partial charge in [-0.25, -0.2) is 14.5 Å². The minimum absolute atomic E-state index is 0.213. The molecule has 2 aromatic heterocycles. The van der Waals surface area contributed by atoms with Crippen molar-refractivity contribution in [3.8, 4) is 5.82 Å². The smallest absolute Gasteiger partial charge is 0.410 e. The summed E-state index contributed by atoms with van der Waals surface area (Å²) in [7, 11) is 0. The lowest BCUT2D eigenvalue weighted by Crippen LogP contribution is -2.37. The summed E-state index contributed by atoms with van der Waals surface area (Å²) in [6.45, 7) is 8.91. The molecule has 0 bridgehead atoms. The lowest BCUT2D eigenvalue weighted by Gasteiger charge is -2.26. The molecule has 0 unspecified atom stereocenters. The molecule has 4 rings (SSSR count). The third kappa shape index (κ3) is 3.33. The van der Waals surface area contributed by atoms with Crippen molar-refractivity contribution in [3.05, 3.63) is 24.8 Å². The first kappa shape index (κ1) is 16.7.